The number of nitrogens with one attached hydrogen (secondary N) is 1. The molecule has 2 heterocycles. The molecule has 25 heavy (non-hydrogen) atoms. The van der Waals surface area contributed by atoms with Crippen LogP contribution in [0.4, 0.5) is 0 Å². The van der Waals surface area contributed by atoms with Crippen molar-refractivity contribution in [2.75, 3.05) is 6.61 Å². The zero-order valence-electron chi connectivity index (χ0n) is 13.8. The number of hydrogen-bond acceptors (Lipinski definition) is 3. The van der Waals surface area contributed by atoms with Crippen LogP contribution in [0.1, 0.15) is 33.9 Å². The molecule has 0 unspecified atom stereocenters. The maximum absolute atomic E-state index is 12.6. The molecular formula is C20H19N3O2. The van der Waals surface area contributed by atoms with Crippen LogP contribution in [-0.2, 0) is 6.54 Å². The van der Waals surface area contributed by atoms with Gasteiger partial charge in [0.15, 0.2) is 0 Å². The lowest BCUT2D eigenvalue weighted by molar-refractivity contribution is 0.0924. The van der Waals surface area contributed by atoms with Crippen LogP contribution >= 0.6 is 0 Å². The summed E-state index contributed by atoms with van der Waals surface area (Å²) >= 11 is 0. The standard InChI is InChI=1S/C20H19N3O2/c24-20(22-18-10-11-25-19-9-5-4-8-17(18)19)16-12-21-23(14-16)13-15-6-2-1-3-7-15/h1-9,12,14,18H,10-11,13H2,(H,22,24)/t18-/m0/s1. The van der Waals surface area contributed by atoms with Crippen molar-refractivity contribution in [3.63, 3.8) is 0 Å². The monoisotopic (exact) mass is 333 g/mol. The van der Waals surface area contributed by atoms with Crippen molar-refractivity contribution in [1.29, 1.82) is 0 Å². The SMILES string of the molecule is O=C(N[C@H]1CCOc2ccccc21)c1cnn(Cc2ccccc2)c1. The second-order valence-corrected chi connectivity index (χ2v) is 6.11. The van der Waals surface area contributed by atoms with Crippen LogP contribution < -0.4 is 10.1 Å². The number of rotatable bonds is 4. The summed E-state index contributed by atoms with van der Waals surface area (Å²) in [6, 6.07) is 17.9. The fourth-order valence-corrected chi connectivity index (χ4v) is 3.07. The third kappa shape index (κ3) is 3.40. The highest BCUT2D eigenvalue weighted by Crippen LogP contribution is 2.31. The van der Waals surface area contributed by atoms with Crippen LogP contribution in [0.15, 0.2) is 67.0 Å². The molecule has 126 valence electrons. The molecule has 0 spiro atoms. The number of nitrogens with zero attached hydrogens (tertiary/aromatic N) is 2. The van der Waals surface area contributed by atoms with Crippen LogP contribution in [0, 0.1) is 0 Å². The molecule has 1 aliphatic heterocycles. The van der Waals surface area contributed by atoms with Gasteiger partial charge in [-0.15, -0.1) is 0 Å². The Morgan fingerprint density at radius 1 is 1.16 bits per heavy atom. The molecule has 1 aliphatic rings. The van der Waals surface area contributed by atoms with Crippen molar-refractivity contribution in [2.24, 2.45) is 0 Å². The zero-order chi connectivity index (χ0) is 17.1. The molecule has 5 heteroatoms. The summed E-state index contributed by atoms with van der Waals surface area (Å²) in [5.74, 6) is 0.736. The van der Waals surface area contributed by atoms with E-state index in [1.807, 2.05) is 54.6 Å². The summed E-state index contributed by atoms with van der Waals surface area (Å²) in [5.41, 5.74) is 2.74. The van der Waals surface area contributed by atoms with Gasteiger partial charge in [-0.1, -0.05) is 48.5 Å². The van der Waals surface area contributed by atoms with E-state index >= 15 is 0 Å². The first kappa shape index (κ1) is 15.4. The third-order valence-corrected chi connectivity index (χ3v) is 4.35. The normalized spacial score (nSPS) is 15.9. The van der Waals surface area contributed by atoms with Crippen molar-refractivity contribution >= 4 is 5.91 Å². The number of ether oxygens (including phenoxy) is 1. The summed E-state index contributed by atoms with van der Waals surface area (Å²) in [6.45, 7) is 1.25. The van der Waals surface area contributed by atoms with Crippen molar-refractivity contribution in [1.82, 2.24) is 15.1 Å². The number of aromatic nitrogens is 2. The van der Waals surface area contributed by atoms with E-state index in [1.165, 1.54) is 0 Å². The molecule has 0 bridgehead atoms. The van der Waals surface area contributed by atoms with Gasteiger partial charge in [0.25, 0.3) is 5.91 Å². The predicted octanol–water partition coefficient (Wildman–Crippen LogP) is 3.19. The Morgan fingerprint density at radius 2 is 1.96 bits per heavy atom. The molecule has 4 rings (SSSR count). The molecule has 0 saturated heterocycles. The molecule has 3 aromatic rings. The van der Waals surface area contributed by atoms with Gasteiger partial charge in [0, 0.05) is 18.2 Å². The quantitative estimate of drug-likeness (QED) is 0.798. The summed E-state index contributed by atoms with van der Waals surface area (Å²) in [5, 5.41) is 7.40. The van der Waals surface area contributed by atoms with Gasteiger partial charge in [0.1, 0.15) is 5.75 Å². The Labute approximate surface area is 146 Å². The fourth-order valence-electron chi connectivity index (χ4n) is 3.07. The molecular weight excluding hydrogens is 314 g/mol. The van der Waals surface area contributed by atoms with E-state index in [0.29, 0.717) is 18.7 Å². The minimum Gasteiger partial charge on any atom is -0.493 e. The number of para-hydroxylation sites is 1. The fraction of sp³-hybridized carbons (Fsp3) is 0.200. The first-order valence-electron chi connectivity index (χ1n) is 8.38. The van der Waals surface area contributed by atoms with Crippen LogP contribution in [0.2, 0.25) is 0 Å². The molecule has 0 radical (unpaired) electrons. The van der Waals surface area contributed by atoms with Gasteiger partial charge in [-0.2, -0.15) is 5.10 Å². The second kappa shape index (κ2) is 6.81. The van der Waals surface area contributed by atoms with E-state index in [-0.39, 0.29) is 11.9 Å². The minimum absolute atomic E-state index is 0.0325. The van der Waals surface area contributed by atoms with Crippen LogP contribution in [0.25, 0.3) is 0 Å². The molecule has 0 saturated carbocycles. The Morgan fingerprint density at radius 3 is 2.84 bits per heavy atom. The first-order valence-corrected chi connectivity index (χ1v) is 8.38. The Kier molecular flexibility index (Phi) is 4.21. The van der Waals surface area contributed by atoms with E-state index in [9.17, 15) is 4.79 Å². The number of carbonyl (C=O) groups excluding carboxylic acids is 1. The highest BCUT2D eigenvalue weighted by molar-refractivity contribution is 5.94. The molecule has 0 fully saturated rings. The molecule has 5 nitrogen and oxygen atoms in total. The summed E-state index contributed by atoms with van der Waals surface area (Å²) < 4.78 is 7.42. The molecule has 2 aromatic carbocycles. The van der Waals surface area contributed by atoms with Gasteiger partial charge in [0.2, 0.25) is 0 Å². The van der Waals surface area contributed by atoms with E-state index in [1.54, 1.807) is 17.1 Å². The lowest BCUT2D eigenvalue weighted by Crippen LogP contribution is -2.32. The number of carbonyl (C=O) groups is 1. The topological polar surface area (TPSA) is 56.1 Å². The van der Waals surface area contributed by atoms with Gasteiger partial charge in [-0.25, -0.2) is 0 Å². The average Bonchev–Trinajstić information content (AvgIpc) is 3.11. The largest absolute Gasteiger partial charge is 0.493 e. The zero-order valence-corrected chi connectivity index (χ0v) is 13.8. The highest BCUT2D eigenvalue weighted by atomic mass is 16.5. The lowest BCUT2D eigenvalue weighted by Gasteiger charge is -2.26. The van der Waals surface area contributed by atoms with Crippen LogP contribution in [0.5, 0.6) is 5.75 Å². The summed E-state index contributed by atoms with van der Waals surface area (Å²) in [7, 11) is 0. The number of amides is 1. The second-order valence-electron chi connectivity index (χ2n) is 6.11. The van der Waals surface area contributed by atoms with Gasteiger partial charge in [-0.05, 0) is 11.6 Å². The lowest BCUT2D eigenvalue weighted by atomic mass is 10.0. The first-order chi connectivity index (χ1) is 12.3. The maximum Gasteiger partial charge on any atom is 0.254 e. The van der Waals surface area contributed by atoms with Gasteiger partial charge in [-0.3, -0.25) is 9.48 Å². The molecule has 1 atom stereocenters. The average molecular weight is 333 g/mol. The Balaban J connectivity index is 1.46. The van der Waals surface area contributed by atoms with Crippen molar-refractivity contribution in [3.8, 4) is 5.75 Å². The minimum atomic E-state index is -0.110. The Hall–Kier alpha value is -3.08. The van der Waals surface area contributed by atoms with E-state index < -0.39 is 0 Å². The van der Waals surface area contributed by atoms with E-state index in [4.69, 9.17) is 4.74 Å². The molecule has 0 aliphatic carbocycles. The van der Waals surface area contributed by atoms with Crippen molar-refractivity contribution < 1.29 is 9.53 Å². The van der Waals surface area contributed by atoms with Gasteiger partial charge >= 0.3 is 0 Å². The van der Waals surface area contributed by atoms with Crippen molar-refractivity contribution in [2.45, 2.75) is 19.0 Å². The molecule has 1 N–H and O–H groups in total. The third-order valence-electron chi connectivity index (χ3n) is 4.35. The summed E-state index contributed by atoms with van der Waals surface area (Å²) in [6.07, 6.45) is 4.16. The van der Waals surface area contributed by atoms with Crippen LogP contribution in [0.3, 0.4) is 0 Å². The predicted molar refractivity (Wildman–Crippen MR) is 94.5 cm³/mol. The van der Waals surface area contributed by atoms with Crippen molar-refractivity contribution in [3.05, 3.63) is 83.7 Å². The van der Waals surface area contributed by atoms with Gasteiger partial charge < -0.3 is 10.1 Å². The number of fused-ring (bicyclic) bond motifs is 1. The summed E-state index contributed by atoms with van der Waals surface area (Å²) in [4.78, 5) is 12.6. The van der Waals surface area contributed by atoms with Gasteiger partial charge in [0.05, 0.1) is 31.0 Å². The smallest absolute Gasteiger partial charge is 0.254 e. The highest BCUT2D eigenvalue weighted by Gasteiger charge is 2.23. The van der Waals surface area contributed by atoms with Crippen LogP contribution in [-0.4, -0.2) is 22.3 Å². The number of benzene rings is 2. The van der Waals surface area contributed by atoms with E-state index in [2.05, 4.69) is 10.4 Å². The Bertz CT molecular complexity index is 873. The molecule has 1 aromatic heterocycles. The maximum atomic E-state index is 12.6. The molecule has 1 amide bonds. The number of hydrogen-bond donors (Lipinski definition) is 1. The van der Waals surface area contributed by atoms with E-state index in [0.717, 1.165) is 23.3 Å².